The molecular weight excluding hydrogens is 384 g/mol. The van der Waals surface area contributed by atoms with E-state index < -0.39 is 16.1 Å². The number of para-hydroxylation sites is 1. The van der Waals surface area contributed by atoms with Crippen LogP contribution < -0.4 is 4.90 Å². The third kappa shape index (κ3) is 3.16. The molecular formula is C20H21ClN2O3S. The number of carbonyl (C=O) groups is 1. The van der Waals surface area contributed by atoms with Crippen molar-refractivity contribution >= 4 is 33.2 Å². The molecule has 142 valence electrons. The molecule has 0 aromatic heterocycles. The van der Waals surface area contributed by atoms with Crippen molar-refractivity contribution in [3.8, 4) is 0 Å². The third-order valence-corrected chi connectivity index (χ3v) is 7.53. The van der Waals surface area contributed by atoms with E-state index in [0.717, 1.165) is 17.7 Å². The lowest BCUT2D eigenvalue weighted by atomic mass is 10.1. The van der Waals surface area contributed by atoms with Crippen LogP contribution in [-0.2, 0) is 21.2 Å². The fourth-order valence-electron chi connectivity index (χ4n) is 4.08. The summed E-state index contributed by atoms with van der Waals surface area (Å²) in [4.78, 5) is 15.3. The molecule has 2 aromatic carbocycles. The molecule has 0 aliphatic carbocycles. The number of hydrogen-bond donors (Lipinski definition) is 0. The van der Waals surface area contributed by atoms with E-state index in [4.69, 9.17) is 11.6 Å². The second-order valence-electron chi connectivity index (χ2n) is 7.12. The van der Waals surface area contributed by atoms with Crippen LogP contribution in [0.25, 0.3) is 0 Å². The minimum atomic E-state index is -3.75. The van der Waals surface area contributed by atoms with Gasteiger partial charge in [0.15, 0.2) is 0 Å². The fraction of sp³-hybridized carbons (Fsp3) is 0.350. The van der Waals surface area contributed by atoms with E-state index in [-0.39, 0.29) is 16.8 Å². The fourth-order valence-corrected chi connectivity index (χ4v) is 5.86. The first kappa shape index (κ1) is 18.5. The quantitative estimate of drug-likeness (QED) is 0.787. The maximum Gasteiger partial charge on any atom is 0.245 e. The summed E-state index contributed by atoms with van der Waals surface area (Å²) in [6.07, 6.45) is 2.00. The molecule has 4 rings (SSSR count). The van der Waals surface area contributed by atoms with Crippen molar-refractivity contribution < 1.29 is 13.2 Å². The summed E-state index contributed by atoms with van der Waals surface area (Å²) in [5.41, 5.74) is 2.02. The molecule has 0 N–H and O–H groups in total. The maximum absolute atomic E-state index is 13.4. The molecule has 1 fully saturated rings. The Kier molecular flexibility index (Phi) is 4.74. The summed E-state index contributed by atoms with van der Waals surface area (Å²) in [6.45, 7) is 2.36. The zero-order valence-corrected chi connectivity index (χ0v) is 16.6. The highest BCUT2D eigenvalue weighted by Gasteiger charge is 2.43. The number of rotatable bonds is 3. The summed E-state index contributed by atoms with van der Waals surface area (Å²) < 4.78 is 27.6. The van der Waals surface area contributed by atoms with Crippen molar-refractivity contribution in [3.05, 3.63) is 59.1 Å². The standard InChI is InChI=1S/C20H21ClN2O3S/c1-14-13-15-5-2-3-6-18(15)23(14)20(24)19-7-4-12-22(19)27(25,26)17-10-8-16(21)9-11-17/h2-3,5-6,8-11,14,19H,4,7,12-13H2,1H3/t14-,19+/m0/s1. The molecule has 2 aromatic rings. The Balaban J connectivity index is 1.65. The number of halogens is 1. The molecule has 0 spiro atoms. The summed E-state index contributed by atoms with van der Waals surface area (Å²) in [5, 5.41) is 0.477. The van der Waals surface area contributed by atoms with Crippen LogP contribution in [0, 0.1) is 0 Å². The minimum absolute atomic E-state index is 0.0237. The Morgan fingerprint density at radius 3 is 2.56 bits per heavy atom. The number of carbonyl (C=O) groups excluding carboxylic acids is 1. The van der Waals surface area contributed by atoms with E-state index >= 15 is 0 Å². The average Bonchev–Trinajstić information content (AvgIpc) is 3.26. The predicted octanol–water partition coefficient (Wildman–Crippen LogP) is 3.47. The number of benzene rings is 2. The summed E-state index contributed by atoms with van der Waals surface area (Å²) in [5.74, 6) is -0.137. The first-order valence-electron chi connectivity index (χ1n) is 9.08. The molecule has 0 saturated carbocycles. The van der Waals surface area contributed by atoms with E-state index in [2.05, 4.69) is 0 Å². The van der Waals surface area contributed by atoms with Crippen molar-refractivity contribution in [1.29, 1.82) is 0 Å². The summed E-state index contributed by atoms with van der Waals surface area (Å²) in [7, 11) is -3.75. The first-order valence-corrected chi connectivity index (χ1v) is 10.9. The van der Waals surface area contributed by atoms with Crippen molar-refractivity contribution in [2.45, 2.75) is 43.2 Å². The lowest BCUT2D eigenvalue weighted by Gasteiger charge is -2.30. The van der Waals surface area contributed by atoms with E-state index in [1.54, 1.807) is 17.0 Å². The highest BCUT2D eigenvalue weighted by atomic mass is 35.5. The van der Waals surface area contributed by atoms with Gasteiger partial charge in [0, 0.05) is 23.3 Å². The van der Waals surface area contributed by atoms with Gasteiger partial charge in [-0.3, -0.25) is 4.79 Å². The van der Waals surface area contributed by atoms with Crippen molar-refractivity contribution in [2.75, 3.05) is 11.4 Å². The molecule has 2 heterocycles. The molecule has 1 saturated heterocycles. The third-order valence-electron chi connectivity index (χ3n) is 5.35. The largest absolute Gasteiger partial charge is 0.308 e. The van der Waals surface area contributed by atoms with Gasteiger partial charge >= 0.3 is 0 Å². The Morgan fingerprint density at radius 1 is 1.11 bits per heavy atom. The first-order chi connectivity index (χ1) is 12.9. The van der Waals surface area contributed by atoms with Gasteiger partial charge in [-0.1, -0.05) is 29.8 Å². The predicted molar refractivity (Wildman–Crippen MR) is 105 cm³/mol. The molecule has 5 nitrogen and oxygen atoms in total. The smallest absolute Gasteiger partial charge is 0.245 e. The molecule has 0 unspecified atom stereocenters. The van der Waals surface area contributed by atoms with Crippen LogP contribution >= 0.6 is 11.6 Å². The topological polar surface area (TPSA) is 57.7 Å². The zero-order chi connectivity index (χ0) is 19.2. The Hall–Kier alpha value is -1.89. The van der Waals surface area contributed by atoms with Crippen LogP contribution in [0.2, 0.25) is 5.02 Å². The Labute approximate surface area is 164 Å². The van der Waals surface area contributed by atoms with Gasteiger partial charge in [-0.2, -0.15) is 4.31 Å². The van der Waals surface area contributed by atoms with Gasteiger partial charge in [0.05, 0.1) is 4.90 Å². The molecule has 2 aliphatic heterocycles. The summed E-state index contributed by atoms with van der Waals surface area (Å²) in [6, 6.07) is 13.3. The minimum Gasteiger partial charge on any atom is -0.308 e. The van der Waals surface area contributed by atoms with E-state index in [9.17, 15) is 13.2 Å². The molecule has 1 amide bonds. The number of fused-ring (bicyclic) bond motifs is 1. The van der Waals surface area contributed by atoms with Crippen LogP contribution in [0.5, 0.6) is 0 Å². The lowest BCUT2D eigenvalue weighted by Crippen LogP contribution is -2.49. The number of nitrogens with zero attached hydrogens (tertiary/aromatic N) is 2. The van der Waals surface area contributed by atoms with Crippen molar-refractivity contribution in [1.82, 2.24) is 4.31 Å². The zero-order valence-electron chi connectivity index (χ0n) is 15.0. The van der Waals surface area contributed by atoms with Crippen LogP contribution in [0.4, 0.5) is 5.69 Å². The van der Waals surface area contributed by atoms with Gasteiger partial charge in [-0.05, 0) is 62.1 Å². The lowest BCUT2D eigenvalue weighted by molar-refractivity contribution is -0.121. The molecule has 2 aliphatic rings. The highest BCUT2D eigenvalue weighted by molar-refractivity contribution is 7.89. The molecule has 27 heavy (non-hydrogen) atoms. The monoisotopic (exact) mass is 404 g/mol. The normalized spacial score (nSPS) is 22.8. The van der Waals surface area contributed by atoms with Gasteiger partial charge in [0.25, 0.3) is 0 Å². The summed E-state index contributed by atoms with van der Waals surface area (Å²) >= 11 is 5.88. The maximum atomic E-state index is 13.4. The molecule has 7 heteroatoms. The number of amides is 1. The van der Waals surface area contributed by atoms with Crippen LogP contribution in [0.1, 0.15) is 25.3 Å². The van der Waals surface area contributed by atoms with Crippen LogP contribution in [0.3, 0.4) is 0 Å². The number of hydrogen-bond acceptors (Lipinski definition) is 3. The molecule has 0 radical (unpaired) electrons. The average molecular weight is 405 g/mol. The van der Waals surface area contributed by atoms with Crippen LogP contribution in [-0.4, -0.2) is 37.3 Å². The van der Waals surface area contributed by atoms with Crippen molar-refractivity contribution in [3.63, 3.8) is 0 Å². The molecule has 2 atom stereocenters. The van der Waals surface area contributed by atoms with E-state index in [1.807, 2.05) is 31.2 Å². The highest BCUT2D eigenvalue weighted by Crippen LogP contribution is 2.35. The molecule has 0 bridgehead atoms. The number of sulfonamides is 1. The number of anilines is 1. The van der Waals surface area contributed by atoms with E-state index in [0.29, 0.717) is 24.4 Å². The SMILES string of the molecule is C[C@H]1Cc2ccccc2N1C(=O)[C@H]1CCCN1S(=O)(=O)c1ccc(Cl)cc1. The van der Waals surface area contributed by atoms with Crippen molar-refractivity contribution in [2.24, 2.45) is 0 Å². The Morgan fingerprint density at radius 2 is 1.81 bits per heavy atom. The van der Waals surface area contributed by atoms with Gasteiger partial charge in [-0.25, -0.2) is 8.42 Å². The second kappa shape index (κ2) is 6.93. The second-order valence-corrected chi connectivity index (χ2v) is 9.44. The van der Waals surface area contributed by atoms with Gasteiger partial charge < -0.3 is 4.90 Å². The Bertz CT molecular complexity index is 975. The van der Waals surface area contributed by atoms with Gasteiger partial charge in [0.1, 0.15) is 6.04 Å². The van der Waals surface area contributed by atoms with Crippen LogP contribution in [0.15, 0.2) is 53.4 Å². The van der Waals surface area contributed by atoms with Gasteiger partial charge in [-0.15, -0.1) is 0 Å². The van der Waals surface area contributed by atoms with E-state index in [1.165, 1.54) is 16.4 Å². The van der Waals surface area contributed by atoms with Gasteiger partial charge in [0.2, 0.25) is 15.9 Å².